The molecule has 0 unspecified atom stereocenters. The second kappa shape index (κ2) is 14.9. The number of nitrogens with one attached hydrogen (secondary N) is 3. The van der Waals surface area contributed by atoms with E-state index in [0.29, 0.717) is 27.3 Å². The highest BCUT2D eigenvalue weighted by atomic mass is 32.1. The van der Waals surface area contributed by atoms with E-state index >= 15 is 0 Å². The summed E-state index contributed by atoms with van der Waals surface area (Å²) in [7, 11) is 0. The van der Waals surface area contributed by atoms with E-state index in [1.54, 1.807) is 59.2 Å². The van der Waals surface area contributed by atoms with Crippen molar-refractivity contribution in [2.24, 2.45) is 0 Å². The third-order valence-corrected chi connectivity index (χ3v) is 7.97. The van der Waals surface area contributed by atoms with Crippen LogP contribution in [0.1, 0.15) is 6.92 Å². The highest BCUT2D eigenvalue weighted by molar-refractivity contribution is 7.22. The third-order valence-electron chi connectivity index (χ3n) is 6.19. The predicted octanol–water partition coefficient (Wildman–Crippen LogP) is 8.72. The number of hydrogen-bond donors (Lipinski definition) is 4. The molecule has 11 nitrogen and oxygen atoms in total. The maximum atomic E-state index is 12.3. The number of thiazole rings is 2. The SMILES string of the molecule is CC(=O)Nc1nc2ccc(Oc3cccc(NC(=O)C(F)(F)F)c3)cc2s1.Nc1nc2ccc(Oc3cccc(NC(=O)C(F)(F)F)c3)cc2s1. The van der Waals surface area contributed by atoms with Gasteiger partial charge < -0.3 is 31.2 Å². The first-order chi connectivity index (χ1) is 24.0. The van der Waals surface area contributed by atoms with E-state index in [2.05, 4.69) is 15.3 Å². The van der Waals surface area contributed by atoms with Crippen LogP contribution in [0.4, 0.5) is 48.0 Å². The number of carbonyl (C=O) groups is 3. The average Bonchev–Trinajstić information content (AvgIpc) is 3.61. The first-order valence-electron chi connectivity index (χ1n) is 14.2. The maximum Gasteiger partial charge on any atom is 0.471 e. The van der Waals surface area contributed by atoms with Crippen LogP contribution in [0.15, 0.2) is 84.9 Å². The Morgan fingerprint density at radius 1 is 0.627 bits per heavy atom. The quantitative estimate of drug-likeness (QED) is 0.118. The van der Waals surface area contributed by atoms with Crippen molar-refractivity contribution in [1.29, 1.82) is 0 Å². The van der Waals surface area contributed by atoms with Crippen molar-refractivity contribution in [2.75, 3.05) is 21.7 Å². The van der Waals surface area contributed by atoms with Gasteiger partial charge in [-0.1, -0.05) is 34.8 Å². The lowest BCUT2D eigenvalue weighted by Crippen LogP contribution is -2.29. The molecule has 2 heterocycles. The van der Waals surface area contributed by atoms with Gasteiger partial charge in [-0.05, 0) is 48.5 Å². The number of amides is 3. The van der Waals surface area contributed by atoms with Gasteiger partial charge in [0, 0.05) is 42.6 Å². The van der Waals surface area contributed by atoms with Gasteiger partial charge in [-0.15, -0.1) is 0 Å². The molecule has 0 atom stereocenters. The third kappa shape index (κ3) is 10.0. The zero-order valence-electron chi connectivity index (χ0n) is 25.7. The number of fused-ring (bicyclic) bond motifs is 2. The number of alkyl halides is 6. The highest BCUT2D eigenvalue weighted by Crippen LogP contribution is 2.33. The summed E-state index contributed by atoms with van der Waals surface area (Å²) < 4.78 is 86.7. The van der Waals surface area contributed by atoms with E-state index in [9.17, 15) is 40.7 Å². The normalized spacial score (nSPS) is 11.4. The summed E-state index contributed by atoms with van der Waals surface area (Å²) in [5.74, 6) is -2.89. The fraction of sp³-hybridized carbons (Fsp3) is 0.0938. The number of nitrogen functional groups attached to an aromatic ring is 1. The molecule has 0 fully saturated rings. The van der Waals surface area contributed by atoms with Crippen LogP contribution in [-0.4, -0.2) is 40.0 Å². The summed E-state index contributed by atoms with van der Waals surface area (Å²) in [5, 5.41) is 7.02. The molecule has 0 radical (unpaired) electrons. The van der Waals surface area contributed by atoms with Gasteiger partial charge in [-0.25, -0.2) is 9.97 Å². The van der Waals surface area contributed by atoms with Gasteiger partial charge in [-0.3, -0.25) is 14.4 Å². The van der Waals surface area contributed by atoms with Gasteiger partial charge in [0.05, 0.1) is 20.4 Å². The van der Waals surface area contributed by atoms with Crippen LogP contribution in [0.2, 0.25) is 0 Å². The molecule has 5 N–H and O–H groups in total. The van der Waals surface area contributed by atoms with Crippen molar-refractivity contribution in [3.05, 3.63) is 84.9 Å². The van der Waals surface area contributed by atoms with Crippen LogP contribution in [-0.2, 0) is 14.4 Å². The van der Waals surface area contributed by atoms with E-state index in [0.717, 1.165) is 14.9 Å². The van der Waals surface area contributed by atoms with Gasteiger partial charge in [0.15, 0.2) is 10.3 Å². The molecule has 0 aliphatic heterocycles. The maximum absolute atomic E-state index is 12.3. The fourth-order valence-electron chi connectivity index (χ4n) is 4.11. The van der Waals surface area contributed by atoms with E-state index in [1.807, 2.05) is 0 Å². The molecule has 51 heavy (non-hydrogen) atoms. The predicted molar refractivity (Wildman–Crippen MR) is 180 cm³/mol. The molecular weight excluding hydrogens is 727 g/mol. The molecule has 6 rings (SSSR count). The van der Waals surface area contributed by atoms with Crippen molar-refractivity contribution in [2.45, 2.75) is 19.3 Å². The monoisotopic (exact) mass is 748 g/mol. The number of ether oxygens (including phenoxy) is 2. The second-order valence-electron chi connectivity index (χ2n) is 10.2. The van der Waals surface area contributed by atoms with Gasteiger partial charge >= 0.3 is 24.2 Å². The summed E-state index contributed by atoms with van der Waals surface area (Å²) in [6, 6.07) is 21.4. The average molecular weight is 749 g/mol. The van der Waals surface area contributed by atoms with Crippen LogP contribution < -0.4 is 31.2 Å². The van der Waals surface area contributed by atoms with Gasteiger partial charge in [0.25, 0.3) is 0 Å². The molecule has 0 aliphatic rings. The van der Waals surface area contributed by atoms with E-state index in [1.165, 1.54) is 66.0 Å². The molecule has 264 valence electrons. The van der Waals surface area contributed by atoms with Crippen LogP contribution in [0.25, 0.3) is 20.4 Å². The van der Waals surface area contributed by atoms with Crippen molar-refractivity contribution >= 4 is 82.5 Å². The molecule has 6 aromatic rings. The number of nitrogens with two attached hydrogens (primary N) is 1. The van der Waals surface area contributed by atoms with Crippen LogP contribution in [0.3, 0.4) is 0 Å². The fourth-order valence-corrected chi connectivity index (χ4v) is 5.81. The molecule has 0 aliphatic carbocycles. The molecule has 19 heteroatoms. The largest absolute Gasteiger partial charge is 0.471 e. The topological polar surface area (TPSA) is 158 Å². The van der Waals surface area contributed by atoms with Crippen LogP contribution in [0.5, 0.6) is 23.0 Å². The standard InChI is InChI=1S/C17H12F3N3O3S.C15H10F3N3O2S/c1-9(24)21-16-23-13-6-5-12(8-14(13)27-16)26-11-4-2-3-10(7-11)22-15(25)17(18,19)20;16-15(17,18)13(22)20-8-2-1-3-9(6-8)23-10-4-5-11-12(7-10)24-14(19)21-11/h2-8H,1H3,(H,22,25)(H,21,23,24);1-7H,(H2,19,21)(H,20,22). The van der Waals surface area contributed by atoms with E-state index in [4.69, 9.17) is 15.2 Å². The molecule has 2 aromatic heterocycles. The minimum Gasteiger partial charge on any atom is -0.457 e. The number of nitrogens with zero attached hydrogens (tertiary/aromatic N) is 2. The first-order valence-corrected chi connectivity index (χ1v) is 15.8. The number of benzene rings is 4. The number of aromatic nitrogens is 2. The molecule has 0 saturated heterocycles. The minimum atomic E-state index is -4.97. The Bertz CT molecular complexity index is 2240. The molecule has 4 aromatic carbocycles. The summed E-state index contributed by atoms with van der Waals surface area (Å²) in [5.41, 5.74) is 6.97. The van der Waals surface area contributed by atoms with E-state index in [-0.39, 0.29) is 28.8 Å². The lowest BCUT2D eigenvalue weighted by molar-refractivity contribution is -0.167. The van der Waals surface area contributed by atoms with Gasteiger partial charge in [-0.2, -0.15) is 26.3 Å². The smallest absolute Gasteiger partial charge is 0.457 e. The Labute approximate surface area is 291 Å². The lowest BCUT2D eigenvalue weighted by Gasteiger charge is -2.10. The van der Waals surface area contributed by atoms with Gasteiger partial charge in [0.2, 0.25) is 5.91 Å². The van der Waals surface area contributed by atoms with Gasteiger partial charge in [0.1, 0.15) is 23.0 Å². The van der Waals surface area contributed by atoms with Crippen molar-refractivity contribution in [1.82, 2.24) is 9.97 Å². The second-order valence-corrected chi connectivity index (χ2v) is 12.3. The Morgan fingerprint density at radius 2 is 1.08 bits per heavy atom. The Hall–Kier alpha value is -5.95. The zero-order chi connectivity index (χ0) is 36.9. The highest BCUT2D eigenvalue weighted by Gasteiger charge is 2.39. The number of halogens is 6. The summed E-state index contributed by atoms with van der Waals surface area (Å²) in [6.45, 7) is 1.38. The molecule has 0 saturated carbocycles. The number of hydrogen-bond acceptors (Lipinski definition) is 10. The van der Waals surface area contributed by atoms with Crippen molar-refractivity contribution in [3.63, 3.8) is 0 Å². The summed E-state index contributed by atoms with van der Waals surface area (Å²) in [4.78, 5) is 41.4. The molecule has 0 spiro atoms. The molecular formula is C32H22F6N6O5S2. The Morgan fingerprint density at radius 3 is 1.55 bits per heavy atom. The van der Waals surface area contributed by atoms with Crippen LogP contribution in [0, 0.1) is 0 Å². The van der Waals surface area contributed by atoms with E-state index < -0.39 is 24.2 Å². The van der Waals surface area contributed by atoms with Crippen molar-refractivity contribution in [3.8, 4) is 23.0 Å². The Kier molecular flexibility index (Phi) is 10.6. The van der Waals surface area contributed by atoms with Crippen LogP contribution >= 0.6 is 22.7 Å². The zero-order valence-corrected chi connectivity index (χ0v) is 27.3. The minimum absolute atomic E-state index is 0.0158. The van der Waals surface area contributed by atoms with Crippen molar-refractivity contribution < 1.29 is 50.2 Å². The number of rotatable bonds is 7. The lowest BCUT2D eigenvalue weighted by atomic mass is 10.3. The Balaban J connectivity index is 0.000000199. The first kappa shape index (κ1) is 36.3. The summed E-state index contributed by atoms with van der Waals surface area (Å²) >= 11 is 2.56. The summed E-state index contributed by atoms with van der Waals surface area (Å²) in [6.07, 6.45) is -9.92. The molecule has 3 amide bonds. The number of carbonyl (C=O) groups excluding carboxylic acids is 3. The number of anilines is 4. The molecule has 0 bridgehead atoms.